The zero-order valence-corrected chi connectivity index (χ0v) is 11.4. The van der Waals surface area contributed by atoms with Gasteiger partial charge in [-0.05, 0) is 29.5 Å². The Morgan fingerprint density at radius 1 is 1.17 bits per heavy atom. The molecule has 1 aromatic rings. The second-order valence-electron chi connectivity index (χ2n) is 5.83. The van der Waals surface area contributed by atoms with Crippen molar-refractivity contribution in [2.75, 3.05) is 18.0 Å². The summed E-state index contributed by atoms with van der Waals surface area (Å²) in [5, 5.41) is 8.84. The Hall–Kier alpha value is -1.75. The van der Waals surface area contributed by atoms with E-state index in [4.69, 9.17) is 5.26 Å². The SMILES string of the molecule is CC(C)(C)c1ccc(N2CC=C(C#N)CC2)cc1. The molecule has 0 atom stereocenters. The summed E-state index contributed by atoms with van der Waals surface area (Å²) < 4.78 is 0. The third kappa shape index (κ3) is 2.73. The van der Waals surface area contributed by atoms with Gasteiger partial charge in [0, 0.05) is 24.4 Å². The highest BCUT2D eigenvalue weighted by molar-refractivity contribution is 5.50. The first-order valence-corrected chi connectivity index (χ1v) is 6.45. The van der Waals surface area contributed by atoms with E-state index in [0.29, 0.717) is 0 Å². The number of rotatable bonds is 1. The quantitative estimate of drug-likeness (QED) is 0.749. The Morgan fingerprint density at radius 3 is 2.28 bits per heavy atom. The van der Waals surface area contributed by atoms with Gasteiger partial charge in [0.05, 0.1) is 6.07 Å². The van der Waals surface area contributed by atoms with Gasteiger partial charge in [0.2, 0.25) is 0 Å². The molecule has 0 unspecified atom stereocenters. The normalized spacial score (nSPS) is 16.1. The minimum atomic E-state index is 0.203. The fraction of sp³-hybridized carbons (Fsp3) is 0.438. The summed E-state index contributed by atoms with van der Waals surface area (Å²) in [6.07, 6.45) is 2.89. The number of nitrogens with zero attached hydrogens (tertiary/aromatic N) is 2. The first kappa shape index (κ1) is 12.7. The number of benzene rings is 1. The average Bonchev–Trinajstić information content (AvgIpc) is 2.38. The molecule has 94 valence electrons. The Kier molecular flexibility index (Phi) is 3.43. The zero-order valence-electron chi connectivity index (χ0n) is 11.4. The summed E-state index contributed by atoms with van der Waals surface area (Å²) in [6.45, 7) is 8.46. The van der Waals surface area contributed by atoms with Crippen molar-refractivity contribution in [1.29, 1.82) is 5.26 Å². The topological polar surface area (TPSA) is 27.0 Å². The van der Waals surface area contributed by atoms with Crippen molar-refractivity contribution in [2.45, 2.75) is 32.6 Å². The third-order valence-corrected chi connectivity index (χ3v) is 3.45. The molecule has 1 aliphatic heterocycles. The van der Waals surface area contributed by atoms with Crippen LogP contribution in [0.5, 0.6) is 0 Å². The Labute approximate surface area is 110 Å². The fourth-order valence-corrected chi connectivity index (χ4v) is 2.18. The van der Waals surface area contributed by atoms with Crippen LogP contribution in [0.4, 0.5) is 5.69 Å². The molecule has 2 heteroatoms. The molecule has 0 saturated carbocycles. The summed E-state index contributed by atoms with van der Waals surface area (Å²) in [7, 11) is 0. The van der Waals surface area contributed by atoms with Gasteiger partial charge in [0.1, 0.15) is 0 Å². The summed E-state index contributed by atoms with van der Waals surface area (Å²) in [5.74, 6) is 0. The van der Waals surface area contributed by atoms with Crippen molar-refractivity contribution in [3.05, 3.63) is 41.5 Å². The van der Waals surface area contributed by atoms with Gasteiger partial charge < -0.3 is 4.90 Å². The molecule has 0 spiro atoms. The van der Waals surface area contributed by atoms with Crippen LogP contribution in [-0.2, 0) is 5.41 Å². The van der Waals surface area contributed by atoms with E-state index >= 15 is 0 Å². The molecule has 0 amide bonds. The number of anilines is 1. The summed E-state index contributed by atoms with van der Waals surface area (Å²) in [5.41, 5.74) is 3.72. The van der Waals surface area contributed by atoms with Crippen LogP contribution in [0, 0.1) is 11.3 Å². The number of nitriles is 1. The molecule has 0 aliphatic carbocycles. The van der Waals surface area contributed by atoms with Crippen molar-refractivity contribution in [1.82, 2.24) is 0 Å². The van der Waals surface area contributed by atoms with E-state index < -0.39 is 0 Å². The predicted molar refractivity (Wildman–Crippen MR) is 75.7 cm³/mol. The molecule has 0 saturated heterocycles. The second-order valence-corrected chi connectivity index (χ2v) is 5.83. The summed E-state index contributed by atoms with van der Waals surface area (Å²) in [6, 6.07) is 11.0. The molecule has 1 aromatic carbocycles. The smallest absolute Gasteiger partial charge is 0.0945 e. The van der Waals surface area contributed by atoms with Crippen LogP contribution in [-0.4, -0.2) is 13.1 Å². The minimum absolute atomic E-state index is 0.203. The Bertz CT molecular complexity index is 483. The molecule has 2 nitrogen and oxygen atoms in total. The molecular weight excluding hydrogens is 220 g/mol. The first-order chi connectivity index (χ1) is 8.50. The van der Waals surface area contributed by atoms with Crippen molar-refractivity contribution in [3.8, 4) is 6.07 Å². The minimum Gasteiger partial charge on any atom is -0.367 e. The third-order valence-electron chi connectivity index (χ3n) is 3.45. The number of hydrogen-bond acceptors (Lipinski definition) is 2. The molecule has 18 heavy (non-hydrogen) atoms. The molecule has 1 heterocycles. The second kappa shape index (κ2) is 4.86. The van der Waals surface area contributed by atoms with Gasteiger partial charge in [-0.15, -0.1) is 0 Å². The highest BCUT2D eigenvalue weighted by atomic mass is 15.1. The lowest BCUT2D eigenvalue weighted by atomic mass is 9.87. The van der Waals surface area contributed by atoms with E-state index in [1.165, 1.54) is 11.3 Å². The fourth-order valence-electron chi connectivity index (χ4n) is 2.18. The zero-order chi connectivity index (χ0) is 13.2. The van der Waals surface area contributed by atoms with E-state index in [1.807, 2.05) is 6.08 Å². The molecule has 0 N–H and O–H groups in total. The van der Waals surface area contributed by atoms with Crippen LogP contribution in [0.25, 0.3) is 0 Å². The van der Waals surface area contributed by atoms with E-state index in [1.54, 1.807) is 0 Å². The van der Waals surface area contributed by atoms with Crippen molar-refractivity contribution >= 4 is 5.69 Å². The lowest BCUT2D eigenvalue weighted by Crippen LogP contribution is -2.28. The lowest BCUT2D eigenvalue weighted by molar-refractivity contribution is 0.590. The van der Waals surface area contributed by atoms with Gasteiger partial charge in [-0.3, -0.25) is 0 Å². The van der Waals surface area contributed by atoms with Gasteiger partial charge in [0.25, 0.3) is 0 Å². The van der Waals surface area contributed by atoms with Crippen LogP contribution in [0.3, 0.4) is 0 Å². The van der Waals surface area contributed by atoms with Crippen LogP contribution in [0.2, 0.25) is 0 Å². The molecule has 0 fully saturated rings. The van der Waals surface area contributed by atoms with E-state index in [9.17, 15) is 0 Å². The highest BCUT2D eigenvalue weighted by Gasteiger charge is 2.15. The maximum absolute atomic E-state index is 8.84. The van der Waals surface area contributed by atoms with Crippen LogP contribution >= 0.6 is 0 Å². The first-order valence-electron chi connectivity index (χ1n) is 6.45. The molecule has 0 aromatic heterocycles. The van der Waals surface area contributed by atoms with E-state index in [-0.39, 0.29) is 5.41 Å². The predicted octanol–water partition coefficient (Wildman–Crippen LogP) is 3.64. The summed E-state index contributed by atoms with van der Waals surface area (Å²) >= 11 is 0. The average molecular weight is 240 g/mol. The largest absolute Gasteiger partial charge is 0.367 e. The molecule has 0 bridgehead atoms. The number of hydrogen-bond donors (Lipinski definition) is 0. The monoisotopic (exact) mass is 240 g/mol. The van der Waals surface area contributed by atoms with Crippen molar-refractivity contribution in [3.63, 3.8) is 0 Å². The van der Waals surface area contributed by atoms with Crippen molar-refractivity contribution in [2.24, 2.45) is 0 Å². The van der Waals surface area contributed by atoms with E-state index in [0.717, 1.165) is 25.1 Å². The highest BCUT2D eigenvalue weighted by Crippen LogP contribution is 2.26. The lowest BCUT2D eigenvalue weighted by Gasteiger charge is -2.28. The summed E-state index contributed by atoms with van der Waals surface area (Å²) in [4.78, 5) is 2.31. The van der Waals surface area contributed by atoms with Crippen LogP contribution in [0.1, 0.15) is 32.8 Å². The van der Waals surface area contributed by atoms with Crippen LogP contribution in [0.15, 0.2) is 35.9 Å². The van der Waals surface area contributed by atoms with Crippen LogP contribution < -0.4 is 4.90 Å². The molecule has 1 aliphatic rings. The molecular formula is C16H20N2. The maximum atomic E-state index is 8.84. The van der Waals surface area contributed by atoms with Gasteiger partial charge in [-0.2, -0.15) is 5.26 Å². The van der Waals surface area contributed by atoms with Crippen molar-refractivity contribution < 1.29 is 0 Å². The van der Waals surface area contributed by atoms with Gasteiger partial charge in [-0.1, -0.05) is 39.0 Å². The maximum Gasteiger partial charge on any atom is 0.0945 e. The Morgan fingerprint density at radius 2 is 1.83 bits per heavy atom. The molecule has 0 radical (unpaired) electrons. The van der Waals surface area contributed by atoms with Gasteiger partial charge >= 0.3 is 0 Å². The van der Waals surface area contributed by atoms with Gasteiger partial charge in [-0.25, -0.2) is 0 Å². The van der Waals surface area contributed by atoms with E-state index in [2.05, 4.69) is 56.0 Å². The molecule has 2 rings (SSSR count). The van der Waals surface area contributed by atoms with Gasteiger partial charge in [0.15, 0.2) is 0 Å². The standard InChI is InChI=1S/C16H20N2/c1-16(2,3)14-4-6-15(7-5-14)18-10-8-13(12-17)9-11-18/h4-8H,9-11H2,1-3H3. The Balaban J connectivity index is 2.12.